The van der Waals surface area contributed by atoms with Gasteiger partial charge in [0.1, 0.15) is 0 Å². The minimum atomic E-state index is -0.380. The van der Waals surface area contributed by atoms with Crippen LogP contribution in [-0.4, -0.2) is 23.9 Å². The number of fused-ring (bicyclic) bond motifs is 5. The van der Waals surface area contributed by atoms with Crippen molar-refractivity contribution in [1.29, 1.82) is 0 Å². The smallest absolute Gasteiger partial charge is 0.0648 e. The van der Waals surface area contributed by atoms with Crippen LogP contribution in [-0.2, 0) is 4.74 Å². The van der Waals surface area contributed by atoms with Gasteiger partial charge < -0.3 is 9.84 Å². The van der Waals surface area contributed by atoms with Crippen LogP contribution in [0.4, 0.5) is 0 Å². The van der Waals surface area contributed by atoms with Gasteiger partial charge >= 0.3 is 0 Å². The molecule has 0 aromatic carbocycles. The van der Waals surface area contributed by atoms with E-state index >= 15 is 0 Å². The van der Waals surface area contributed by atoms with Crippen LogP contribution in [0.5, 0.6) is 0 Å². The molecule has 0 spiro atoms. The fourth-order valence-electron chi connectivity index (χ4n) is 8.88. The van der Waals surface area contributed by atoms with Crippen LogP contribution < -0.4 is 0 Å². The second-order valence-electron chi connectivity index (χ2n) is 11.5. The van der Waals surface area contributed by atoms with E-state index in [0.717, 1.165) is 49.4 Å². The zero-order valence-corrected chi connectivity index (χ0v) is 18.9. The van der Waals surface area contributed by atoms with E-state index in [4.69, 9.17) is 4.74 Å². The van der Waals surface area contributed by atoms with E-state index in [1.54, 1.807) is 0 Å². The zero-order valence-electron chi connectivity index (χ0n) is 18.9. The van der Waals surface area contributed by atoms with Crippen LogP contribution in [0.15, 0.2) is 12.7 Å². The van der Waals surface area contributed by atoms with Gasteiger partial charge in [0.2, 0.25) is 0 Å². The van der Waals surface area contributed by atoms with E-state index in [-0.39, 0.29) is 5.60 Å². The van der Waals surface area contributed by atoms with Crippen LogP contribution in [0.2, 0.25) is 0 Å². The molecule has 4 saturated carbocycles. The predicted molar refractivity (Wildman–Crippen MR) is 116 cm³/mol. The summed E-state index contributed by atoms with van der Waals surface area (Å²) in [7, 11) is 1.90. The third kappa shape index (κ3) is 3.04. The van der Waals surface area contributed by atoms with Crippen molar-refractivity contribution < 1.29 is 9.84 Å². The first kappa shape index (κ1) is 20.9. The second-order valence-corrected chi connectivity index (χ2v) is 11.5. The SMILES string of the molecule is C=CCC(OC)[C@H]1CC[C@H]2[C@@H]3CC[C@H]4C[C@](O)(CC)CC[C@]4(C)[C@H]3CC[C@]12C. The Morgan fingerprint density at radius 1 is 1.04 bits per heavy atom. The molecule has 4 aliphatic carbocycles. The molecule has 28 heavy (non-hydrogen) atoms. The average molecular weight is 389 g/mol. The third-order valence-corrected chi connectivity index (χ3v) is 10.7. The Kier molecular flexibility index (Phi) is 5.54. The Morgan fingerprint density at radius 2 is 1.79 bits per heavy atom. The molecule has 0 heterocycles. The van der Waals surface area contributed by atoms with Crippen LogP contribution in [0.25, 0.3) is 0 Å². The lowest BCUT2D eigenvalue weighted by Gasteiger charge is -2.62. The highest BCUT2D eigenvalue weighted by molar-refractivity contribution is 5.11. The highest BCUT2D eigenvalue weighted by Crippen LogP contribution is 2.68. The molecule has 1 unspecified atom stereocenters. The normalized spacial score (nSPS) is 51.7. The zero-order chi connectivity index (χ0) is 20.2. The number of methoxy groups -OCH3 is 1. The summed E-state index contributed by atoms with van der Waals surface area (Å²) in [4.78, 5) is 0. The Labute approximate surface area is 173 Å². The van der Waals surface area contributed by atoms with Crippen molar-refractivity contribution in [3.05, 3.63) is 12.7 Å². The van der Waals surface area contributed by atoms with Crippen molar-refractivity contribution in [3.8, 4) is 0 Å². The summed E-state index contributed by atoms with van der Waals surface area (Å²) in [6.45, 7) is 11.4. The van der Waals surface area contributed by atoms with Gasteiger partial charge in [-0.3, -0.25) is 0 Å². The van der Waals surface area contributed by atoms with Gasteiger partial charge in [-0.1, -0.05) is 26.8 Å². The van der Waals surface area contributed by atoms with Crippen LogP contribution in [0.3, 0.4) is 0 Å². The molecule has 0 aromatic rings. The maximum absolute atomic E-state index is 11.0. The van der Waals surface area contributed by atoms with Crippen molar-refractivity contribution >= 4 is 0 Å². The molecule has 0 saturated heterocycles. The highest BCUT2D eigenvalue weighted by Gasteiger charge is 2.61. The largest absolute Gasteiger partial charge is 0.390 e. The number of hydrogen-bond acceptors (Lipinski definition) is 2. The monoisotopic (exact) mass is 388 g/mol. The lowest BCUT2D eigenvalue weighted by Crippen LogP contribution is -2.56. The molecule has 0 bridgehead atoms. The number of ether oxygens (including phenoxy) is 1. The van der Waals surface area contributed by atoms with Crippen LogP contribution in [0.1, 0.15) is 91.4 Å². The minimum Gasteiger partial charge on any atom is -0.390 e. The Hall–Kier alpha value is -0.340. The molecule has 4 rings (SSSR count). The molecular formula is C26H44O2. The summed E-state index contributed by atoms with van der Waals surface area (Å²) in [6, 6.07) is 0. The van der Waals surface area contributed by atoms with Crippen molar-refractivity contribution in [1.82, 2.24) is 0 Å². The van der Waals surface area contributed by atoms with E-state index < -0.39 is 0 Å². The molecule has 2 nitrogen and oxygen atoms in total. The second kappa shape index (κ2) is 7.41. The van der Waals surface area contributed by atoms with Gasteiger partial charge in [0.15, 0.2) is 0 Å². The summed E-state index contributed by atoms with van der Waals surface area (Å²) in [5.41, 5.74) is 0.535. The Morgan fingerprint density at radius 3 is 2.46 bits per heavy atom. The van der Waals surface area contributed by atoms with Gasteiger partial charge in [0.05, 0.1) is 11.7 Å². The predicted octanol–water partition coefficient (Wildman–Crippen LogP) is 6.38. The van der Waals surface area contributed by atoms with Crippen molar-refractivity contribution in [2.45, 2.75) is 103 Å². The van der Waals surface area contributed by atoms with Gasteiger partial charge in [0, 0.05) is 7.11 Å². The van der Waals surface area contributed by atoms with Crippen molar-refractivity contribution in [2.24, 2.45) is 40.4 Å². The molecule has 9 atom stereocenters. The fourth-order valence-corrected chi connectivity index (χ4v) is 8.88. The minimum absolute atomic E-state index is 0.352. The maximum atomic E-state index is 11.0. The lowest BCUT2D eigenvalue weighted by atomic mass is 9.43. The summed E-state index contributed by atoms with van der Waals surface area (Å²) in [6.07, 6.45) is 15.9. The van der Waals surface area contributed by atoms with Crippen molar-refractivity contribution in [2.75, 3.05) is 7.11 Å². The van der Waals surface area contributed by atoms with Gasteiger partial charge in [-0.15, -0.1) is 6.58 Å². The van der Waals surface area contributed by atoms with E-state index in [2.05, 4.69) is 33.4 Å². The van der Waals surface area contributed by atoms with Gasteiger partial charge in [-0.25, -0.2) is 0 Å². The summed E-state index contributed by atoms with van der Waals surface area (Å²) < 4.78 is 5.97. The molecule has 0 radical (unpaired) electrons. The average Bonchev–Trinajstić information content (AvgIpc) is 3.04. The Balaban J connectivity index is 1.55. The number of hydrogen-bond donors (Lipinski definition) is 1. The quantitative estimate of drug-likeness (QED) is 0.554. The summed E-state index contributed by atoms with van der Waals surface area (Å²) in [5, 5.41) is 11.0. The molecule has 0 aromatic heterocycles. The maximum Gasteiger partial charge on any atom is 0.0648 e. The molecule has 1 N–H and O–H groups in total. The van der Waals surface area contributed by atoms with Crippen LogP contribution >= 0.6 is 0 Å². The molecule has 0 amide bonds. The summed E-state index contributed by atoms with van der Waals surface area (Å²) in [5.74, 6) is 4.09. The molecule has 4 aliphatic rings. The molecule has 160 valence electrons. The standard InChI is InChI=1S/C26H44O2/c1-6-8-23(28-5)22-12-11-20-19-10-9-18-17-26(27,7-2)16-15-24(18,3)21(19)13-14-25(20,22)4/h6,18-23,27H,1,7-17H2,2-5H3/t18-,19-,20-,21-,22+,23?,24-,25-,26-/m0/s1. The van der Waals surface area contributed by atoms with Gasteiger partial charge in [0.25, 0.3) is 0 Å². The van der Waals surface area contributed by atoms with E-state index in [9.17, 15) is 5.11 Å². The van der Waals surface area contributed by atoms with Crippen LogP contribution in [0, 0.1) is 40.4 Å². The fraction of sp³-hybridized carbons (Fsp3) is 0.923. The van der Waals surface area contributed by atoms with E-state index in [1.165, 1.54) is 44.9 Å². The van der Waals surface area contributed by atoms with E-state index in [0.29, 0.717) is 22.9 Å². The first-order valence-electron chi connectivity index (χ1n) is 12.2. The third-order valence-electron chi connectivity index (χ3n) is 10.7. The van der Waals surface area contributed by atoms with E-state index in [1.807, 2.05) is 7.11 Å². The van der Waals surface area contributed by atoms with Gasteiger partial charge in [-0.05, 0) is 111 Å². The van der Waals surface area contributed by atoms with Crippen molar-refractivity contribution in [3.63, 3.8) is 0 Å². The number of rotatable bonds is 5. The molecule has 4 fully saturated rings. The number of aliphatic hydroxyl groups is 1. The Bertz CT molecular complexity index is 587. The highest BCUT2D eigenvalue weighted by atomic mass is 16.5. The first-order valence-corrected chi connectivity index (χ1v) is 12.2. The molecule has 2 heteroatoms. The molecular weight excluding hydrogens is 344 g/mol. The lowest BCUT2D eigenvalue weighted by molar-refractivity contribution is -0.155. The first-order chi connectivity index (χ1) is 13.3. The topological polar surface area (TPSA) is 29.5 Å². The molecule has 0 aliphatic heterocycles. The van der Waals surface area contributed by atoms with Gasteiger partial charge in [-0.2, -0.15) is 0 Å². The summed E-state index contributed by atoms with van der Waals surface area (Å²) >= 11 is 0.